The zero-order valence-electron chi connectivity index (χ0n) is 9.56. The Hall–Kier alpha value is -0.980. The van der Waals surface area contributed by atoms with Crippen molar-refractivity contribution in [3.8, 4) is 5.75 Å². The van der Waals surface area contributed by atoms with Crippen molar-refractivity contribution in [2.24, 2.45) is 10.7 Å². The van der Waals surface area contributed by atoms with Gasteiger partial charge >= 0.3 is 0 Å². The molecule has 0 aliphatic carbocycles. The first kappa shape index (κ1) is 15.0. The van der Waals surface area contributed by atoms with Crippen molar-refractivity contribution < 1.29 is 4.74 Å². The molecule has 0 radical (unpaired) electrons. The van der Waals surface area contributed by atoms with Gasteiger partial charge in [0.05, 0.1) is 7.11 Å². The zero-order valence-corrected chi connectivity index (χ0v) is 11.9. The van der Waals surface area contributed by atoms with Gasteiger partial charge in [0.1, 0.15) is 5.75 Å². The molecule has 0 aliphatic heterocycles. The third kappa shape index (κ3) is 5.20. The highest BCUT2D eigenvalue weighted by molar-refractivity contribution is 14.0. The van der Waals surface area contributed by atoms with Gasteiger partial charge in [-0.1, -0.05) is 12.1 Å². The fraction of sp³-hybridized carbons (Fsp3) is 0.364. The summed E-state index contributed by atoms with van der Waals surface area (Å²) in [6.07, 6.45) is 0.896. The second-order valence-electron chi connectivity index (χ2n) is 3.14. The largest absolute Gasteiger partial charge is 0.497 e. The van der Waals surface area contributed by atoms with Crippen LogP contribution in [0.3, 0.4) is 0 Å². The van der Waals surface area contributed by atoms with Crippen LogP contribution in [-0.4, -0.2) is 26.7 Å². The molecule has 0 amide bonds. The minimum absolute atomic E-state index is 0. The summed E-state index contributed by atoms with van der Waals surface area (Å²) >= 11 is 0. The molecular weight excluding hydrogens is 317 g/mol. The number of ether oxygens (including phenoxy) is 1. The van der Waals surface area contributed by atoms with Gasteiger partial charge in [-0.15, -0.1) is 24.0 Å². The quantitative estimate of drug-likeness (QED) is 0.497. The summed E-state index contributed by atoms with van der Waals surface area (Å²) in [6.45, 7) is 0.774. The van der Waals surface area contributed by atoms with E-state index >= 15 is 0 Å². The fourth-order valence-electron chi connectivity index (χ4n) is 1.24. The first-order valence-electron chi connectivity index (χ1n) is 4.85. The molecule has 0 unspecified atom stereocenters. The lowest BCUT2D eigenvalue weighted by atomic mass is 10.1. The lowest BCUT2D eigenvalue weighted by molar-refractivity contribution is 0.414. The molecular formula is C11H18IN3O. The van der Waals surface area contributed by atoms with Crippen LogP contribution in [0.2, 0.25) is 0 Å². The van der Waals surface area contributed by atoms with E-state index in [9.17, 15) is 0 Å². The first-order valence-corrected chi connectivity index (χ1v) is 4.85. The van der Waals surface area contributed by atoms with E-state index in [1.807, 2.05) is 18.2 Å². The number of nitrogens with one attached hydrogen (secondary N) is 1. The molecule has 4 nitrogen and oxygen atoms in total. The van der Waals surface area contributed by atoms with Crippen molar-refractivity contribution in [3.63, 3.8) is 0 Å². The molecule has 0 aliphatic rings. The predicted molar refractivity (Wildman–Crippen MR) is 77.7 cm³/mol. The molecule has 16 heavy (non-hydrogen) atoms. The average molecular weight is 335 g/mol. The van der Waals surface area contributed by atoms with E-state index in [-0.39, 0.29) is 24.0 Å². The molecule has 3 N–H and O–H groups in total. The maximum absolute atomic E-state index is 5.51. The van der Waals surface area contributed by atoms with Crippen molar-refractivity contribution in [2.45, 2.75) is 6.42 Å². The smallest absolute Gasteiger partial charge is 0.188 e. The van der Waals surface area contributed by atoms with Gasteiger partial charge in [-0.25, -0.2) is 0 Å². The van der Waals surface area contributed by atoms with Crippen molar-refractivity contribution >= 4 is 29.9 Å². The summed E-state index contributed by atoms with van der Waals surface area (Å²) in [7, 11) is 3.33. The normalized spacial score (nSPS) is 10.5. The van der Waals surface area contributed by atoms with Gasteiger partial charge in [0.25, 0.3) is 0 Å². The highest BCUT2D eigenvalue weighted by Gasteiger charge is 1.96. The van der Waals surface area contributed by atoms with Crippen LogP contribution in [0.4, 0.5) is 0 Å². The molecule has 1 rings (SSSR count). The Morgan fingerprint density at radius 1 is 1.50 bits per heavy atom. The predicted octanol–water partition coefficient (Wildman–Crippen LogP) is 1.39. The van der Waals surface area contributed by atoms with E-state index in [0.717, 1.165) is 18.7 Å². The van der Waals surface area contributed by atoms with Gasteiger partial charge in [0.15, 0.2) is 5.96 Å². The Kier molecular flexibility index (Phi) is 7.70. The maximum Gasteiger partial charge on any atom is 0.188 e. The summed E-state index contributed by atoms with van der Waals surface area (Å²) < 4.78 is 5.13. The van der Waals surface area contributed by atoms with Crippen LogP contribution in [0.25, 0.3) is 0 Å². The number of rotatable bonds is 4. The number of hydrogen-bond donors (Lipinski definition) is 2. The van der Waals surface area contributed by atoms with Crippen molar-refractivity contribution in [1.82, 2.24) is 5.32 Å². The molecule has 0 fully saturated rings. The number of hydrogen-bond acceptors (Lipinski definition) is 2. The van der Waals surface area contributed by atoms with Crippen LogP contribution >= 0.6 is 24.0 Å². The SMILES string of the molecule is CN=C(N)NCCc1cccc(OC)c1.I. The van der Waals surface area contributed by atoms with Crippen LogP contribution < -0.4 is 15.8 Å². The Morgan fingerprint density at radius 2 is 2.25 bits per heavy atom. The zero-order chi connectivity index (χ0) is 11.1. The lowest BCUT2D eigenvalue weighted by Crippen LogP contribution is -2.32. The molecule has 0 spiro atoms. The second-order valence-corrected chi connectivity index (χ2v) is 3.14. The maximum atomic E-state index is 5.51. The van der Waals surface area contributed by atoms with E-state index in [2.05, 4.69) is 16.4 Å². The molecule has 1 aromatic rings. The van der Waals surface area contributed by atoms with E-state index in [4.69, 9.17) is 10.5 Å². The number of halogens is 1. The van der Waals surface area contributed by atoms with E-state index < -0.39 is 0 Å². The number of methoxy groups -OCH3 is 1. The summed E-state index contributed by atoms with van der Waals surface area (Å²) in [5.41, 5.74) is 6.72. The Balaban J connectivity index is 0.00000225. The van der Waals surface area contributed by atoms with Crippen LogP contribution in [0.1, 0.15) is 5.56 Å². The van der Waals surface area contributed by atoms with E-state index in [1.165, 1.54) is 5.56 Å². The fourth-order valence-corrected chi connectivity index (χ4v) is 1.24. The van der Waals surface area contributed by atoms with Crippen LogP contribution in [0.15, 0.2) is 29.3 Å². The number of aliphatic imine (C=N–C) groups is 1. The van der Waals surface area contributed by atoms with Crippen molar-refractivity contribution in [3.05, 3.63) is 29.8 Å². The lowest BCUT2D eigenvalue weighted by Gasteiger charge is -2.06. The van der Waals surface area contributed by atoms with Crippen LogP contribution in [-0.2, 0) is 6.42 Å². The summed E-state index contributed by atoms with van der Waals surface area (Å²) in [5.74, 6) is 1.35. The molecule has 5 heteroatoms. The van der Waals surface area contributed by atoms with Gasteiger partial charge in [-0.05, 0) is 24.1 Å². The standard InChI is InChI=1S/C11H17N3O.HI/c1-13-11(12)14-7-6-9-4-3-5-10(8-9)15-2;/h3-5,8H,6-7H2,1-2H3,(H3,12,13,14);1H. The minimum Gasteiger partial charge on any atom is -0.497 e. The van der Waals surface area contributed by atoms with Crippen LogP contribution in [0.5, 0.6) is 5.75 Å². The molecule has 0 saturated heterocycles. The number of nitrogens with two attached hydrogens (primary N) is 1. The second kappa shape index (κ2) is 8.20. The molecule has 1 aromatic carbocycles. The van der Waals surface area contributed by atoms with Gasteiger partial charge < -0.3 is 15.8 Å². The van der Waals surface area contributed by atoms with Gasteiger partial charge in [0.2, 0.25) is 0 Å². The highest BCUT2D eigenvalue weighted by atomic mass is 127. The minimum atomic E-state index is 0. The van der Waals surface area contributed by atoms with Gasteiger partial charge in [0, 0.05) is 13.6 Å². The van der Waals surface area contributed by atoms with Gasteiger partial charge in [-0.3, -0.25) is 4.99 Å². The number of benzene rings is 1. The third-order valence-corrected chi connectivity index (χ3v) is 2.09. The Labute approximate surface area is 113 Å². The van der Waals surface area contributed by atoms with E-state index in [0.29, 0.717) is 5.96 Å². The number of guanidine groups is 1. The molecule has 0 bridgehead atoms. The molecule has 0 saturated carbocycles. The highest BCUT2D eigenvalue weighted by Crippen LogP contribution is 2.12. The Bertz CT molecular complexity index is 342. The summed E-state index contributed by atoms with van der Waals surface area (Å²) in [4.78, 5) is 3.81. The molecule has 0 atom stereocenters. The molecule has 0 aromatic heterocycles. The number of nitrogens with zero attached hydrogens (tertiary/aromatic N) is 1. The molecule has 90 valence electrons. The third-order valence-electron chi connectivity index (χ3n) is 2.09. The van der Waals surface area contributed by atoms with Gasteiger partial charge in [-0.2, -0.15) is 0 Å². The summed E-state index contributed by atoms with van der Waals surface area (Å²) in [6, 6.07) is 7.98. The monoisotopic (exact) mass is 335 g/mol. The van der Waals surface area contributed by atoms with E-state index in [1.54, 1.807) is 14.2 Å². The van der Waals surface area contributed by atoms with Crippen LogP contribution in [0, 0.1) is 0 Å². The van der Waals surface area contributed by atoms with Crippen molar-refractivity contribution in [2.75, 3.05) is 20.7 Å². The first-order chi connectivity index (χ1) is 7.26. The van der Waals surface area contributed by atoms with Crippen molar-refractivity contribution in [1.29, 1.82) is 0 Å². The topological polar surface area (TPSA) is 59.6 Å². The molecule has 0 heterocycles. The summed E-state index contributed by atoms with van der Waals surface area (Å²) in [5, 5.41) is 3.01. The Morgan fingerprint density at radius 3 is 2.88 bits per heavy atom. The average Bonchev–Trinajstić information content (AvgIpc) is 2.29.